The lowest BCUT2D eigenvalue weighted by Gasteiger charge is -2.33. The van der Waals surface area contributed by atoms with E-state index in [4.69, 9.17) is 4.74 Å². The van der Waals surface area contributed by atoms with Crippen LogP contribution in [0.15, 0.2) is 29.4 Å². The molecule has 1 aromatic rings. The number of nitrogens with zero attached hydrogens (tertiary/aromatic N) is 2. The summed E-state index contributed by atoms with van der Waals surface area (Å²) in [6, 6.07) is 8.66. The van der Waals surface area contributed by atoms with Crippen molar-refractivity contribution in [1.82, 2.24) is 10.3 Å². The summed E-state index contributed by atoms with van der Waals surface area (Å²) in [6.07, 6.45) is 3.33. The predicted molar refractivity (Wildman–Crippen MR) is 90.4 cm³/mol. The molecule has 0 amide bonds. The smallest absolute Gasteiger partial charge is 0.124 e. The van der Waals surface area contributed by atoms with Crippen molar-refractivity contribution in [2.45, 2.75) is 39.2 Å². The van der Waals surface area contributed by atoms with Gasteiger partial charge in [0, 0.05) is 36.7 Å². The molecule has 0 saturated carbocycles. The van der Waals surface area contributed by atoms with Crippen molar-refractivity contribution in [3.8, 4) is 5.75 Å². The fourth-order valence-electron chi connectivity index (χ4n) is 3.50. The first-order chi connectivity index (χ1) is 10.8. The Bertz CT molecular complexity index is 529. The van der Waals surface area contributed by atoms with Gasteiger partial charge in [-0.05, 0) is 25.5 Å². The lowest BCUT2D eigenvalue weighted by Crippen LogP contribution is -2.42. The SMILES string of the molecule is CCCOc1ccccc1C1NN=C2CCN(CCC)CC21. The van der Waals surface area contributed by atoms with Gasteiger partial charge in [-0.3, -0.25) is 0 Å². The maximum absolute atomic E-state index is 5.95. The van der Waals surface area contributed by atoms with Crippen molar-refractivity contribution < 1.29 is 4.74 Å². The molecule has 1 fully saturated rings. The monoisotopic (exact) mass is 301 g/mol. The fraction of sp³-hybridized carbons (Fsp3) is 0.611. The van der Waals surface area contributed by atoms with Crippen LogP contribution in [-0.2, 0) is 0 Å². The largest absolute Gasteiger partial charge is 0.493 e. The van der Waals surface area contributed by atoms with Crippen LogP contribution in [-0.4, -0.2) is 36.9 Å². The molecule has 3 rings (SSSR count). The van der Waals surface area contributed by atoms with Crippen LogP contribution in [0.1, 0.15) is 44.7 Å². The number of hydrogen-bond acceptors (Lipinski definition) is 4. The highest BCUT2D eigenvalue weighted by Gasteiger charge is 2.37. The van der Waals surface area contributed by atoms with Gasteiger partial charge in [-0.15, -0.1) is 0 Å². The number of rotatable bonds is 6. The normalized spacial score (nSPS) is 24.5. The molecule has 120 valence electrons. The number of likely N-dealkylation sites (tertiary alicyclic amines) is 1. The molecule has 1 N–H and O–H groups in total. The van der Waals surface area contributed by atoms with Crippen LogP contribution in [0.25, 0.3) is 0 Å². The molecule has 0 radical (unpaired) electrons. The first-order valence-electron chi connectivity index (χ1n) is 8.59. The first kappa shape index (κ1) is 15.3. The van der Waals surface area contributed by atoms with Crippen molar-refractivity contribution in [3.05, 3.63) is 29.8 Å². The van der Waals surface area contributed by atoms with E-state index in [0.29, 0.717) is 5.92 Å². The Labute approximate surface area is 133 Å². The Kier molecular flexibility index (Phi) is 4.98. The van der Waals surface area contributed by atoms with E-state index < -0.39 is 0 Å². The summed E-state index contributed by atoms with van der Waals surface area (Å²) < 4.78 is 5.95. The summed E-state index contributed by atoms with van der Waals surface area (Å²) in [5.41, 5.74) is 5.96. The topological polar surface area (TPSA) is 36.9 Å². The number of fused-ring (bicyclic) bond motifs is 1. The van der Waals surface area contributed by atoms with E-state index in [0.717, 1.165) is 38.3 Å². The molecule has 0 spiro atoms. The van der Waals surface area contributed by atoms with Gasteiger partial charge in [-0.2, -0.15) is 5.10 Å². The van der Waals surface area contributed by atoms with Gasteiger partial charge in [-0.25, -0.2) is 0 Å². The summed E-state index contributed by atoms with van der Waals surface area (Å²) in [5, 5.41) is 4.62. The van der Waals surface area contributed by atoms with Crippen molar-refractivity contribution in [2.24, 2.45) is 11.0 Å². The summed E-state index contributed by atoms with van der Waals surface area (Å²) in [7, 11) is 0. The Morgan fingerprint density at radius 1 is 1.27 bits per heavy atom. The first-order valence-corrected chi connectivity index (χ1v) is 8.59. The minimum atomic E-state index is 0.253. The molecule has 0 aliphatic carbocycles. The molecular formula is C18H27N3O. The molecule has 1 aromatic carbocycles. The van der Waals surface area contributed by atoms with E-state index in [-0.39, 0.29) is 6.04 Å². The second-order valence-electron chi connectivity index (χ2n) is 6.25. The zero-order valence-electron chi connectivity index (χ0n) is 13.7. The Balaban J connectivity index is 1.78. The van der Waals surface area contributed by atoms with Crippen LogP contribution >= 0.6 is 0 Å². The second-order valence-corrected chi connectivity index (χ2v) is 6.25. The Morgan fingerprint density at radius 3 is 2.95 bits per heavy atom. The van der Waals surface area contributed by atoms with Gasteiger partial charge < -0.3 is 15.1 Å². The van der Waals surface area contributed by atoms with E-state index in [1.807, 2.05) is 0 Å². The summed E-state index contributed by atoms with van der Waals surface area (Å²) in [5.74, 6) is 1.48. The standard InChI is InChI=1S/C18H27N3O/c1-3-10-21-11-9-16-15(13-21)18(20-19-16)14-7-5-6-8-17(14)22-12-4-2/h5-8,15,18,20H,3-4,9-13H2,1-2H3. The van der Waals surface area contributed by atoms with E-state index in [1.54, 1.807) is 0 Å². The maximum Gasteiger partial charge on any atom is 0.124 e. The summed E-state index contributed by atoms with van der Waals surface area (Å²) in [4.78, 5) is 2.57. The van der Waals surface area contributed by atoms with Crippen molar-refractivity contribution in [1.29, 1.82) is 0 Å². The van der Waals surface area contributed by atoms with Gasteiger partial charge in [0.25, 0.3) is 0 Å². The fourth-order valence-corrected chi connectivity index (χ4v) is 3.50. The zero-order chi connectivity index (χ0) is 15.4. The average Bonchev–Trinajstić information content (AvgIpc) is 2.96. The number of hydrazone groups is 1. The van der Waals surface area contributed by atoms with Gasteiger partial charge in [0.05, 0.1) is 12.6 Å². The van der Waals surface area contributed by atoms with Crippen LogP contribution in [0.2, 0.25) is 0 Å². The predicted octanol–water partition coefficient (Wildman–Crippen LogP) is 3.21. The van der Waals surface area contributed by atoms with Gasteiger partial charge in [0.1, 0.15) is 5.75 Å². The van der Waals surface area contributed by atoms with Gasteiger partial charge in [0.15, 0.2) is 0 Å². The molecule has 4 heteroatoms. The molecule has 2 atom stereocenters. The summed E-state index contributed by atoms with van der Waals surface area (Å²) in [6.45, 7) is 8.59. The average molecular weight is 301 g/mol. The molecule has 0 aromatic heterocycles. The number of piperidine rings is 1. The summed E-state index contributed by atoms with van der Waals surface area (Å²) >= 11 is 0. The molecule has 4 nitrogen and oxygen atoms in total. The second kappa shape index (κ2) is 7.14. The lowest BCUT2D eigenvalue weighted by molar-refractivity contribution is 0.226. The van der Waals surface area contributed by atoms with E-state index in [1.165, 1.54) is 24.2 Å². The number of hydrogen-bond donors (Lipinski definition) is 1. The van der Waals surface area contributed by atoms with Gasteiger partial charge >= 0.3 is 0 Å². The quantitative estimate of drug-likeness (QED) is 0.876. The molecular weight excluding hydrogens is 274 g/mol. The van der Waals surface area contributed by atoms with Gasteiger partial charge in [-0.1, -0.05) is 32.0 Å². The van der Waals surface area contributed by atoms with Gasteiger partial charge in [0.2, 0.25) is 0 Å². The van der Waals surface area contributed by atoms with E-state index >= 15 is 0 Å². The van der Waals surface area contributed by atoms with Crippen LogP contribution in [0.3, 0.4) is 0 Å². The van der Waals surface area contributed by atoms with Crippen LogP contribution in [0.4, 0.5) is 0 Å². The van der Waals surface area contributed by atoms with Crippen LogP contribution in [0.5, 0.6) is 5.75 Å². The number of benzene rings is 1. The Hall–Kier alpha value is -1.55. The molecule has 1 saturated heterocycles. The highest BCUT2D eigenvalue weighted by molar-refractivity contribution is 5.90. The maximum atomic E-state index is 5.95. The molecule has 2 heterocycles. The Morgan fingerprint density at radius 2 is 2.14 bits per heavy atom. The molecule has 2 aliphatic rings. The number of para-hydroxylation sites is 1. The van der Waals surface area contributed by atoms with Crippen molar-refractivity contribution >= 4 is 5.71 Å². The lowest BCUT2D eigenvalue weighted by atomic mass is 9.86. The minimum Gasteiger partial charge on any atom is -0.493 e. The third-order valence-corrected chi connectivity index (χ3v) is 4.57. The van der Waals surface area contributed by atoms with Crippen molar-refractivity contribution in [3.63, 3.8) is 0 Å². The minimum absolute atomic E-state index is 0.253. The third-order valence-electron chi connectivity index (χ3n) is 4.57. The third kappa shape index (κ3) is 3.12. The molecule has 22 heavy (non-hydrogen) atoms. The number of ether oxygens (including phenoxy) is 1. The van der Waals surface area contributed by atoms with E-state index in [2.05, 4.69) is 53.5 Å². The van der Waals surface area contributed by atoms with Crippen LogP contribution < -0.4 is 10.2 Å². The zero-order valence-corrected chi connectivity index (χ0v) is 13.7. The molecule has 2 unspecified atom stereocenters. The highest BCUT2D eigenvalue weighted by atomic mass is 16.5. The highest BCUT2D eigenvalue weighted by Crippen LogP contribution is 2.36. The van der Waals surface area contributed by atoms with Crippen molar-refractivity contribution in [2.75, 3.05) is 26.2 Å². The molecule has 0 bridgehead atoms. The molecule has 2 aliphatic heterocycles. The van der Waals surface area contributed by atoms with Crippen LogP contribution in [0, 0.1) is 5.92 Å². The van der Waals surface area contributed by atoms with E-state index in [9.17, 15) is 0 Å². The number of nitrogens with one attached hydrogen (secondary N) is 1.